The molecule has 4 aromatic rings. The number of nitrogens with one attached hydrogen (secondary N) is 1. The number of carbonyl (C=O) groups excluding carboxylic acids is 1. The summed E-state index contributed by atoms with van der Waals surface area (Å²) >= 11 is 0. The summed E-state index contributed by atoms with van der Waals surface area (Å²) < 4.78 is 5.81. The summed E-state index contributed by atoms with van der Waals surface area (Å²) in [6.45, 7) is 8.11. The van der Waals surface area contributed by atoms with Gasteiger partial charge in [-0.05, 0) is 61.6 Å². The van der Waals surface area contributed by atoms with E-state index in [-0.39, 0.29) is 6.03 Å². The molecule has 0 spiro atoms. The van der Waals surface area contributed by atoms with Crippen LogP contribution in [0.25, 0.3) is 17.0 Å². The Kier molecular flexibility index (Phi) is 5.95. The molecule has 0 saturated carbocycles. The van der Waals surface area contributed by atoms with E-state index in [1.165, 1.54) is 5.56 Å². The average molecular weight is 465 g/mol. The largest absolute Gasteiger partial charge is 0.334 e. The van der Waals surface area contributed by atoms with E-state index in [1.54, 1.807) is 4.90 Å². The van der Waals surface area contributed by atoms with Gasteiger partial charge in [-0.25, -0.2) is 4.79 Å². The minimum atomic E-state index is -0.415. The lowest BCUT2D eigenvalue weighted by Crippen LogP contribution is -2.46. The summed E-state index contributed by atoms with van der Waals surface area (Å²) in [7, 11) is 0. The Bertz CT molecular complexity index is 1380. The molecule has 1 aliphatic heterocycles. The van der Waals surface area contributed by atoms with Gasteiger partial charge >= 0.3 is 6.03 Å². The van der Waals surface area contributed by atoms with Crippen molar-refractivity contribution in [3.8, 4) is 11.4 Å². The van der Waals surface area contributed by atoms with Crippen molar-refractivity contribution in [2.24, 2.45) is 0 Å². The summed E-state index contributed by atoms with van der Waals surface area (Å²) in [5.41, 5.74) is 7.59. The normalized spacial score (nSPS) is 15.9. The number of aromatic nitrogens is 2. The Morgan fingerprint density at radius 2 is 1.63 bits per heavy atom. The van der Waals surface area contributed by atoms with Gasteiger partial charge in [-0.3, -0.25) is 4.90 Å². The molecule has 1 aromatic heterocycles. The van der Waals surface area contributed by atoms with Crippen molar-refractivity contribution >= 4 is 17.3 Å². The maximum atomic E-state index is 13.4. The molecule has 1 unspecified atom stereocenters. The van der Waals surface area contributed by atoms with Crippen LogP contribution in [0.15, 0.2) is 83.0 Å². The van der Waals surface area contributed by atoms with Gasteiger partial charge in [-0.1, -0.05) is 72.7 Å². The van der Waals surface area contributed by atoms with Crippen LogP contribution >= 0.6 is 0 Å². The van der Waals surface area contributed by atoms with E-state index >= 15 is 0 Å². The second-order valence-corrected chi connectivity index (χ2v) is 8.95. The van der Waals surface area contributed by atoms with E-state index in [2.05, 4.69) is 35.6 Å². The van der Waals surface area contributed by atoms with Crippen LogP contribution in [-0.4, -0.2) is 16.2 Å². The highest BCUT2D eigenvalue weighted by Gasteiger charge is 2.36. The number of urea groups is 1. The Morgan fingerprint density at radius 3 is 2.29 bits per heavy atom. The van der Waals surface area contributed by atoms with Crippen molar-refractivity contribution < 1.29 is 9.32 Å². The van der Waals surface area contributed by atoms with E-state index < -0.39 is 6.04 Å². The predicted octanol–water partition coefficient (Wildman–Crippen LogP) is 6.62. The first-order valence-corrected chi connectivity index (χ1v) is 11.8. The van der Waals surface area contributed by atoms with Crippen molar-refractivity contribution in [1.29, 1.82) is 0 Å². The number of benzene rings is 3. The van der Waals surface area contributed by atoms with Crippen LogP contribution in [0.5, 0.6) is 0 Å². The molecule has 3 aromatic carbocycles. The van der Waals surface area contributed by atoms with Crippen molar-refractivity contribution in [2.45, 2.75) is 40.2 Å². The topological polar surface area (TPSA) is 71.3 Å². The Morgan fingerprint density at radius 1 is 0.943 bits per heavy atom. The maximum Gasteiger partial charge on any atom is 0.326 e. The molecule has 1 aliphatic rings. The summed E-state index contributed by atoms with van der Waals surface area (Å²) in [4.78, 5) is 19.8. The molecule has 6 heteroatoms. The predicted molar refractivity (Wildman–Crippen MR) is 138 cm³/mol. The number of nitrogens with zero attached hydrogens (tertiary/aromatic N) is 3. The van der Waals surface area contributed by atoms with Gasteiger partial charge in [-0.15, -0.1) is 0 Å². The fraction of sp³-hybridized carbons (Fsp3) is 0.207. The number of hydrogen-bond donors (Lipinski definition) is 1. The number of amides is 2. The molecule has 2 heterocycles. The minimum absolute atomic E-state index is 0.194. The van der Waals surface area contributed by atoms with Crippen molar-refractivity contribution in [1.82, 2.24) is 15.5 Å². The molecule has 0 radical (unpaired) electrons. The molecular weight excluding hydrogens is 436 g/mol. The molecule has 5 rings (SSSR count). The highest BCUT2D eigenvalue weighted by molar-refractivity contribution is 6.01. The zero-order valence-electron chi connectivity index (χ0n) is 20.4. The fourth-order valence-electron chi connectivity index (χ4n) is 4.65. The third-order valence-corrected chi connectivity index (χ3v) is 6.36. The molecule has 35 heavy (non-hydrogen) atoms. The third-order valence-electron chi connectivity index (χ3n) is 6.36. The van der Waals surface area contributed by atoms with Gasteiger partial charge in [0.1, 0.15) is 0 Å². The summed E-state index contributed by atoms with van der Waals surface area (Å²) in [5, 5.41) is 7.44. The van der Waals surface area contributed by atoms with Crippen molar-refractivity contribution in [3.05, 3.63) is 107 Å². The Balaban J connectivity index is 1.64. The van der Waals surface area contributed by atoms with Gasteiger partial charge in [-0.2, -0.15) is 4.98 Å². The monoisotopic (exact) mass is 464 g/mol. The average Bonchev–Trinajstić information content (AvgIpc) is 3.33. The number of rotatable bonds is 5. The number of anilines is 1. The number of allylic oxidation sites excluding steroid dienone is 1. The third kappa shape index (κ3) is 4.35. The van der Waals surface area contributed by atoms with Crippen LogP contribution < -0.4 is 10.2 Å². The lowest BCUT2D eigenvalue weighted by Gasteiger charge is -2.35. The number of hydrogen-bond acceptors (Lipinski definition) is 4. The van der Waals surface area contributed by atoms with Crippen LogP contribution in [0.1, 0.15) is 48.0 Å². The summed E-state index contributed by atoms with van der Waals surface area (Å²) in [6, 6.07) is 23.5. The van der Waals surface area contributed by atoms with Gasteiger partial charge in [0.05, 0.1) is 17.3 Å². The van der Waals surface area contributed by atoms with Crippen LogP contribution in [0.3, 0.4) is 0 Å². The molecule has 176 valence electrons. The Labute approximate surface area is 205 Å². The molecule has 0 fully saturated rings. The molecule has 0 bridgehead atoms. The lowest BCUT2D eigenvalue weighted by molar-refractivity contribution is 0.244. The van der Waals surface area contributed by atoms with E-state index in [0.717, 1.165) is 45.6 Å². The molecule has 1 atom stereocenters. The van der Waals surface area contributed by atoms with Crippen LogP contribution in [-0.2, 0) is 6.42 Å². The second kappa shape index (κ2) is 9.22. The highest BCUT2D eigenvalue weighted by Crippen LogP contribution is 2.39. The first-order valence-electron chi connectivity index (χ1n) is 11.8. The quantitative estimate of drug-likeness (QED) is 0.360. The zero-order chi connectivity index (χ0) is 24.5. The van der Waals surface area contributed by atoms with E-state index in [4.69, 9.17) is 9.51 Å². The smallest absolute Gasteiger partial charge is 0.326 e. The minimum Gasteiger partial charge on any atom is -0.334 e. The SMILES string of the molecule is CCc1ccc(-c2noc(C3=C(C)N(c4cc(C)cc(C)c4)C(=O)NC3c3ccccc3)n2)cc1. The second-order valence-electron chi connectivity index (χ2n) is 8.95. The van der Waals surface area contributed by atoms with Gasteiger partial charge in [0.2, 0.25) is 5.82 Å². The highest BCUT2D eigenvalue weighted by atomic mass is 16.5. The van der Waals surface area contributed by atoms with Gasteiger partial charge in [0, 0.05) is 11.3 Å². The first kappa shape index (κ1) is 22.6. The van der Waals surface area contributed by atoms with Crippen LogP contribution in [0, 0.1) is 13.8 Å². The number of aryl methyl sites for hydroxylation is 3. The maximum absolute atomic E-state index is 13.4. The fourth-order valence-corrected chi connectivity index (χ4v) is 4.65. The van der Waals surface area contributed by atoms with Crippen LogP contribution in [0.2, 0.25) is 0 Å². The molecule has 0 aliphatic carbocycles. The molecule has 6 nitrogen and oxygen atoms in total. The van der Waals surface area contributed by atoms with Gasteiger partial charge in [0.15, 0.2) is 0 Å². The summed E-state index contributed by atoms with van der Waals surface area (Å²) in [6.07, 6.45) is 0.969. The zero-order valence-corrected chi connectivity index (χ0v) is 20.4. The molecule has 0 saturated heterocycles. The Hall–Kier alpha value is -4.19. The van der Waals surface area contributed by atoms with Crippen molar-refractivity contribution in [2.75, 3.05) is 4.90 Å². The van der Waals surface area contributed by atoms with Crippen LogP contribution in [0.4, 0.5) is 10.5 Å². The van der Waals surface area contributed by atoms with Crippen molar-refractivity contribution in [3.63, 3.8) is 0 Å². The van der Waals surface area contributed by atoms with E-state index in [9.17, 15) is 4.79 Å². The number of carbonyl (C=O) groups is 1. The standard InChI is InChI=1S/C29H28N4O2/c1-5-21-11-13-23(14-12-21)27-31-28(35-32-27)25-20(4)33(24-16-18(2)15-19(3)17-24)29(34)30-26(25)22-9-7-6-8-10-22/h6-17,26H,5H2,1-4H3,(H,30,34). The molecule has 1 N–H and O–H groups in total. The van der Waals surface area contributed by atoms with Gasteiger partial charge < -0.3 is 9.84 Å². The van der Waals surface area contributed by atoms with Gasteiger partial charge in [0.25, 0.3) is 5.89 Å². The van der Waals surface area contributed by atoms with E-state index in [0.29, 0.717) is 11.7 Å². The molecule has 2 amide bonds. The summed E-state index contributed by atoms with van der Waals surface area (Å²) in [5.74, 6) is 0.907. The van der Waals surface area contributed by atoms with E-state index in [1.807, 2.05) is 75.4 Å². The molecular formula is C29H28N4O2. The lowest BCUT2D eigenvalue weighted by atomic mass is 9.94. The first-order chi connectivity index (χ1) is 16.9.